The third-order valence-electron chi connectivity index (χ3n) is 9.71. The van der Waals surface area contributed by atoms with Crippen LogP contribution in [0.15, 0.2) is 109 Å². The molecule has 0 atom stereocenters. The summed E-state index contributed by atoms with van der Waals surface area (Å²) in [7, 11) is 0. The number of hydrogen-bond donors (Lipinski definition) is 0. The number of aromatic nitrogens is 1. The quantitative estimate of drug-likeness (QED) is 0.106. The van der Waals surface area contributed by atoms with Gasteiger partial charge in [0, 0.05) is 50.8 Å². The van der Waals surface area contributed by atoms with Crippen LogP contribution in [-0.4, -0.2) is 53.5 Å². The number of ether oxygens (including phenoxy) is 3. The van der Waals surface area contributed by atoms with Gasteiger partial charge in [-0.3, -0.25) is 9.69 Å². The van der Waals surface area contributed by atoms with Gasteiger partial charge in [-0.05, 0) is 96.5 Å². The molecule has 5 aromatic rings. The Balaban J connectivity index is 0.944. The van der Waals surface area contributed by atoms with Gasteiger partial charge in [0.05, 0.1) is 17.8 Å². The van der Waals surface area contributed by atoms with E-state index in [1.807, 2.05) is 43.0 Å². The number of hydrogen-bond acceptors (Lipinski definition) is 6. The van der Waals surface area contributed by atoms with E-state index in [0.29, 0.717) is 60.2 Å². The van der Waals surface area contributed by atoms with Crippen molar-refractivity contribution in [1.82, 2.24) is 14.8 Å². The second kappa shape index (κ2) is 18.3. The topological polar surface area (TPSA) is 64.1 Å². The molecule has 1 saturated heterocycles. The number of benzene rings is 4. The maximum absolute atomic E-state index is 13.4. The molecule has 280 valence electrons. The van der Waals surface area contributed by atoms with Crippen molar-refractivity contribution < 1.29 is 19.0 Å². The predicted octanol–water partition coefficient (Wildman–Crippen LogP) is 10.2. The molecule has 7 nitrogen and oxygen atoms in total. The third kappa shape index (κ3) is 10.7. The van der Waals surface area contributed by atoms with E-state index in [9.17, 15) is 4.79 Å². The van der Waals surface area contributed by atoms with Gasteiger partial charge in [0.2, 0.25) is 11.8 Å². The average Bonchev–Trinajstić information content (AvgIpc) is 3.17. The summed E-state index contributed by atoms with van der Waals surface area (Å²) in [5.41, 5.74) is 8.52. The van der Waals surface area contributed by atoms with Crippen molar-refractivity contribution in [2.24, 2.45) is 0 Å². The maximum Gasteiger partial charge on any atom is 0.249 e. The number of aryl methyl sites for hydroxylation is 2. The number of amides is 1. The van der Waals surface area contributed by atoms with Crippen LogP contribution >= 0.6 is 11.6 Å². The minimum Gasteiger partial charge on any atom is -0.493 e. The molecule has 4 aromatic carbocycles. The van der Waals surface area contributed by atoms with Gasteiger partial charge in [0.15, 0.2) is 5.75 Å². The first-order valence-electron chi connectivity index (χ1n) is 18.7. The highest BCUT2D eigenvalue weighted by Crippen LogP contribution is 2.34. The van der Waals surface area contributed by atoms with Gasteiger partial charge < -0.3 is 19.1 Å². The Morgan fingerprint density at radius 3 is 2.13 bits per heavy atom. The number of piperazine rings is 1. The molecule has 1 aliphatic rings. The summed E-state index contributed by atoms with van der Waals surface area (Å²) in [4.78, 5) is 22.2. The molecule has 1 fully saturated rings. The molecule has 1 aliphatic heterocycles. The van der Waals surface area contributed by atoms with Crippen LogP contribution in [0.5, 0.6) is 23.1 Å². The Morgan fingerprint density at radius 2 is 1.48 bits per heavy atom. The van der Waals surface area contributed by atoms with Gasteiger partial charge in [-0.1, -0.05) is 91.7 Å². The summed E-state index contributed by atoms with van der Waals surface area (Å²) in [6, 6.07) is 32.8. The Hall–Kier alpha value is -5.11. The largest absolute Gasteiger partial charge is 0.493 e. The van der Waals surface area contributed by atoms with Crippen LogP contribution in [0.3, 0.4) is 0 Å². The lowest BCUT2D eigenvalue weighted by Crippen LogP contribution is -2.48. The summed E-state index contributed by atoms with van der Waals surface area (Å²) in [6.45, 7) is 15.3. The van der Waals surface area contributed by atoms with Crippen molar-refractivity contribution in [3.63, 3.8) is 0 Å². The predicted molar refractivity (Wildman–Crippen MR) is 218 cm³/mol. The molecule has 6 rings (SSSR count). The van der Waals surface area contributed by atoms with Crippen LogP contribution in [0.25, 0.3) is 6.08 Å². The maximum atomic E-state index is 13.4. The normalized spacial score (nSPS) is 13.6. The number of halogens is 1. The van der Waals surface area contributed by atoms with E-state index < -0.39 is 0 Å². The number of carbonyl (C=O) groups excluding carboxylic acids is 1. The summed E-state index contributed by atoms with van der Waals surface area (Å²) in [6.07, 6.45) is 4.40. The van der Waals surface area contributed by atoms with E-state index in [-0.39, 0.29) is 5.91 Å². The first kappa shape index (κ1) is 38.6. The second-order valence-electron chi connectivity index (χ2n) is 14.4. The molecule has 0 radical (unpaired) electrons. The number of carbonyl (C=O) groups is 1. The van der Waals surface area contributed by atoms with Crippen molar-refractivity contribution in [2.75, 3.05) is 32.8 Å². The fraction of sp³-hybridized carbons (Fsp3) is 0.304. The first-order valence-corrected chi connectivity index (χ1v) is 19.1. The molecule has 0 saturated carbocycles. The fourth-order valence-corrected chi connectivity index (χ4v) is 6.73. The summed E-state index contributed by atoms with van der Waals surface area (Å²) >= 11 is 6.69. The SMILES string of the molecule is C/C(=C\c1cc(C)c(Oc2ccc(OCc3ccc(C)cc3)cn2)c(Cl)c1)C(=O)N1CCN(Cc2ccc(CCOc3ccc(C(C)C)cc3)cc2)CC1. The van der Waals surface area contributed by atoms with Crippen molar-refractivity contribution in [1.29, 1.82) is 0 Å². The molecule has 54 heavy (non-hydrogen) atoms. The highest BCUT2D eigenvalue weighted by atomic mass is 35.5. The van der Waals surface area contributed by atoms with E-state index in [4.69, 9.17) is 25.8 Å². The minimum absolute atomic E-state index is 0.0417. The molecular formula is C46H50ClN3O4. The van der Waals surface area contributed by atoms with Gasteiger partial charge in [-0.25, -0.2) is 4.98 Å². The highest BCUT2D eigenvalue weighted by Gasteiger charge is 2.22. The Bertz CT molecular complexity index is 1990. The number of nitrogens with zero attached hydrogens (tertiary/aromatic N) is 3. The lowest BCUT2D eigenvalue weighted by atomic mass is 10.0. The second-order valence-corrected chi connectivity index (χ2v) is 14.8. The zero-order chi connectivity index (χ0) is 38.0. The minimum atomic E-state index is 0.0417. The van der Waals surface area contributed by atoms with Gasteiger partial charge in [0.1, 0.15) is 18.1 Å². The van der Waals surface area contributed by atoms with Crippen LogP contribution in [-0.2, 0) is 24.4 Å². The molecule has 0 unspecified atom stereocenters. The van der Waals surface area contributed by atoms with E-state index >= 15 is 0 Å². The van der Waals surface area contributed by atoms with Crippen LogP contribution in [0.1, 0.15) is 65.6 Å². The third-order valence-corrected chi connectivity index (χ3v) is 9.99. The molecule has 0 bridgehead atoms. The first-order chi connectivity index (χ1) is 26.1. The average molecular weight is 744 g/mol. The van der Waals surface area contributed by atoms with Crippen LogP contribution in [0.4, 0.5) is 0 Å². The highest BCUT2D eigenvalue weighted by molar-refractivity contribution is 6.32. The monoisotopic (exact) mass is 743 g/mol. The van der Waals surface area contributed by atoms with E-state index in [1.165, 1.54) is 22.3 Å². The summed E-state index contributed by atoms with van der Waals surface area (Å²) in [5.74, 6) is 3.07. The molecule has 1 aromatic heterocycles. The van der Waals surface area contributed by atoms with Gasteiger partial charge >= 0.3 is 0 Å². The van der Waals surface area contributed by atoms with Crippen molar-refractivity contribution in [3.8, 4) is 23.1 Å². The van der Waals surface area contributed by atoms with Crippen LogP contribution in [0, 0.1) is 13.8 Å². The summed E-state index contributed by atoms with van der Waals surface area (Å²) < 4.78 is 17.9. The molecule has 0 aliphatic carbocycles. The zero-order valence-electron chi connectivity index (χ0n) is 32.0. The molecule has 2 heterocycles. The van der Waals surface area contributed by atoms with E-state index in [0.717, 1.165) is 48.5 Å². The van der Waals surface area contributed by atoms with Crippen molar-refractivity contribution in [2.45, 2.75) is 60.1 Å². The van der Waals surface area contributed by atoms with E-state index in [2.05, 4.69) is 103 Å². The van der Waals surface area contributed by atoms with Crippen molar-refractivity contribution in [3.05, 3.63) is 153 Å². The van der Waals surface area contributed by atoms with E-state index in [1.54, 1.807) is 12.3 Å². The molecule has 0 spiro atoms. The van der Waals surface area contributed by atoms with Crippen LogP contribution < -0.4 is 14.2 Å². The Morgan fingerprint density at radius 1 is 0.815 bits per heavy atom. The standard InChI is InChI=1S/C46H50ClN3O4/c1-32(2)40-14-16-41(17-15-40)52-25-20-36-10-12-37(13-11-36)30-49-21-23-50(24-22-49)46(51)35(5)27-39-26-34(4)45(43(47)28-39)54-44-19-18-42(29-48-44)53-31-38-8-6-33(3)7-9-38/h6-19,26-29,32H,20-25,30-31H2,1-5H3/b35-27+. The smallest absolute Gasteiger partial charge is 0.249 e. The molecular weight excluding hydrogens is 694 g/mol. The van der Waals surface area contributed by atoms with Gasteiger partial charge in [0.25, 0.3) is 0 Å². The molecule has 8 heteroatoms. The van der Waals surface area contributed by atoms with Crippen LogP contribution in [0.2, 0.25) is 5.02 Å². The Labute approximate surface area is 325 Å². The molecule has 1 amide bonds. The Kier molecular flexibility index (Phi) is 13.1. The molecule has 0 N–H and O–H groups in total. The zero-order valence-corrected chi connectivity index (χ0v) is 32.7. The van der Waals surface area contributed by atoms with Gasteiger partial charge in [-0.15, -0.1) is 0 Å². The van der Waals surface area contributed by atoms with Gasteiger partial charge in [-0.2, -0.15) is 0 Å². The lowest BCUT2D eigenvalue weighted by molar-refractivity contribution is -0.128. The fourth-order valence-electron chi connectivity index (χ4n) is 6.41. The number of pyridine rings is 1. The lowest BCUT2D eigenvalue weighted by Gasteiger charge is -2.35. The summed E-state index contributed by atoms with van der Waals surface area (Å²) in [5, 5.41) is 0.449. The van der Waals surface area contributed by atoms with Crippen molar-refractivity contribution >= 4 is 23.6 Å². The number of rotatable bonds is 14.